The summed E-state index contributed by atoms with van der Waals surface area (Å²) in [4.78, 5) is 7.47. The summed E-state index contributed by atoms with van der Waals surface area (Å²) < 4.78 is 5.55. The van der Waals surface area contributed by atoms with E-state index in [-0.39, 0.29) is 0 Å². The molecule has 1 aromatic heterocycles. The van der Waals surface area contributed by atoms with Crippen molar-refractivity contribution in [1.29, 1.82) is 0 Å². The third kappa shape index (κ3) is 1.89. The lowest BCUT2D eigenvalue weighted by molar-refractivity contribution is 0.412. The van der Waals surface area contributed by atoms with E-state index in [0.717, 1.165) is 44.5 Å². The summed E-state index contributed by atoms with van der Waals surface area (Å²) in [5.41, 5.74) is 5.07. The van der Waals surface area contributed by atoms with Crippen LogP contribution in [0.1, 0.15) is 22.5 Å². The Kier molecular flexibility index (Phi) is 3.35. The zero-order chi connectivity index (χ0) is 13.4. The number of ether oxygens (including phenoxy) is 1. The Bertz CT molecular complexity index is 602. The number of imidazole rings is 1. The Balaban J connectivity index is 2.81. The van der Waals surface area contributed by atoms with Crippen molar-refractivity contribution in [3.63, 3.8) is 0 Å². The molecule has 3 nitrogen and oxygen atoms in total. The third-order valence-electron chi connectivity index (χ3n) is 3.34. The number of halogens is 1. The van der Waals surface area contributed by atoms with Crippen LogP contribution in [0.5, 0.6) is 5.75 Å². The SMILES string of the molecule is COc1c(C)c(C)c(Cl)c(C)c1-c1cnc(C)[nH]1. The molecule has 0 atom stereocenters. The van der Waals surface area contributed by atoms with Crippen molar-refractivity contribution >= 4 is 11.6 Å². The van der Waals surface area contributed by atoms with Crippen LogP contribution in [0, 0.1) is 27.7 Å². The second-order valence-electron chi connectivity index (χ2n) is 4.48. The number of nitrogens with one attached hydrogen (secondary N) is 1. The number of benzene rings is 1. The molecule has 0 radical (unpaired) electrons. The molecule has 1 aromatic carbocycles. The van der Waals surface area contributed by atoms with Gasteiger partial charge in [-0.3, -0.25) is 0 Å². The Morgan fingerprint density at radius 3 is 2.28 bits per heavy atom. The minimum absolute atomic E-state index is 0.788. The summed E-state index contributed by atoms with van der Waals surface area (Å²) in [6, 6.07) is 0. The van der Waals surface area contributed by atoms with E-state index >= 15 is 0 Å². The van der Waals surface area contributed by atoms with Gasteiger partial charge in [0, 0.05) is 10.6 Å². The lowest BCUT2D eigenvalue weighted by atomic mass is 9.97. The van der Waals surface area contributed by atoms with Crippen molar-refractivity contribution in [3.8, 4) is 17.0 Å². The number of aromatic nitrogens is 2. The molecular weight excluding hydrogens is 248 g/mol. The summed E-state index contributed by atoms with van der Waals surface area (Å²) in [5.74, 6) is 1.74. The first-order valence-electron chi connectivity index (χ1n) is 5.82. The molecule has 0 fully saturated rings. The zero-order valence-electron chi connectivity index (χ0n) is 11.3. The molecule has 0 spiro atoms. The van der Waals surface area contributed by atoms with E-state index in [4.69, 9.17) is 16.3 Å². The molecule has 4 heteroatoms. The molecule has 0 bridgehead atoms. The lowest BCUT2D eigenvalue weighted by Crippen LogP contribution is -1.98. The number of hydrogen-bond acceptors (Lipinski definition) is 2. The topological polar surface area (TPSA) is 37.9 Å². The van der Waals surface area contributed by atoms with Crippen molar-refractivity contribution in [2.45, 2.75) is 27.7 Å². The van der Waals surface area contributed by atoms with E-state index in [1.165, 1.54) is 0 Å². The largest absolute Gasteiger partial charge is 0.496 e. The summed E-state index contributed by atoms with van der Waals surface area (Å²) in [6.45, 7) is 7.96. The first-order valence-corrected chi connectivity index (χ1v) is 6.20. The Morgan fingerprint density at radius 2 is 1.78 bits per heavy atom. The van der Waals surface area contributed by atoms with Crippen molar-refractivity contribution in [1.82, 2.24) is 9.97 Å². The predicted octanol–water partition coefficient (Wildman–Crippen LogP) is 3.97. The molecule has 1 heterocycles. The monoisotopic (exact) mass is 264 g/mol. The first kappa shape index (κ1) is 13.0. The predicted molar refractivity (Wildman–Crippen MR) is 74.5 cm³/mol. The van der Waals surface area contributed by atoms with E-state index in [0.29, 0.717) is 0 Å². The number of methoxy groups -OCH3 is 1. The lowest BCUT2D eigenvalue weighted by Gasteiger charge is -2.17. The van der Waals surface area contributed by atoms with Gasteiger partial charge < -0.3 is 9.72 Å². The van der Waals surface area contributed by atoms with Gasteiger partial charge in [0.1, 0.15) is 11.6 Å². The van der Waals surface area contributed by atoms with Gasteiger partial charge in [-0.25, -0.2) is 4.98 Å². The number of H-pyrrole nitrogens is 1. The van der Waals surface area contributed by atoms with Crippen LogP contribution in [0.15, 0.2) is 6.20 Å². The van der Waals surface area contributed by atoms with Gasteiger partial charge in [0.05, 0.1) is 19.0 Å². The maximum atomic E-state index is 6.38. The minimum Gasteiger partial charge on any atom is -0.496 e. The Labute approximate surface area is 112 Å². The highest BCUT2D eigenvalue weighted by molar-refractivity contribution is 6.32. The number of aromatic amines is 1. The molecule has 2 rings (SSSR count). The zero-order valence-corrected chi connectivity index (χ0v) is 12.1. The van der Waals surface area contributed by atoms with Crippen LogP contribution in [0.25, 0.3) is 11.3 Å². The second kappa shape index (κ2) is 4.65. The van der Waals surface area contributed by atoms with Crippen LogP contribution in [0.3, 0.4) is 0 Å². The standard InChI is InChI=1S/C14H17ClN2O/c1-7-8(2)14(18-5)12(9(3)13(7)15)11-6-16-10(4)17-11/h6H,1-5H3,(H,16,17). The molecule has 0 aliphatic carbocycles. The van der Waals surface area contributed by atoms with Gasteiger partial charge in [0.15, 0.2) is 0 Å². The average Bonchev–Trinajstić information content (AvgIpc) is 2.77. The number of rotatable bonds is 2. The van der Waals surface area contributed by atoms with Crippen LogP contribution >= 0.6 is 11.6 Å². The fourth-order valence-corrected chi connectivity index (χ4v) is 2.45. The summed E-state index contributed by atoms with van der Waals surface area (Å²) in [7, 11) is 1.68. The van der Waals surface area contributed by atoms with E-state index in [1.54, 1.807) is 7.11 Å². The Morgan fingerprint density at radius 1 is 1.11 bits per heavy atom. The Hall–Kier alpha value is -1.48. The van der Waals surface area contributed by atoms with Crippen molar-refractivity contribution in [3.05, 3.63) is 33.7 Å². The highest BCUT2D eigenvalue weighted by Crippen LogP contribution is 2.41. The van der Waals surface area contributed by atoms with Crippen LogP contribution < -0.4 is 4.74 Å². The van der Waals surface area contributed by atoms with Gasteiger partial charge in [-0.2, -0.15) is 0 Å². The minimum atomic E-state index is 0.788. The van der Waals surface area contributed by atoms with E-state index < -0.39 is 0 Å². The maximum Gasteiger partial charge on any atom is 0.131 e. The fourth-order valence-electron chi connectivity index (χ4n) is 2.21. The second-order valence-corrected chi connectivity index (χ2v) is 4.86. The van der Waals surface area contributed by atoms with Gasteiger partial charge in [-0.15, -0.1) is 0 Å². The summed E-state index contributed by atoms with van der Waals surface area (Å²) in [5, 5.41) is 0.788. The fraction of sp³-hybridized carbons (Fsp3) is 0.357. The smallest absolute Gasteiger partial charge is 0.131 e. The van der Waals surface area contributed by atoms with Crippen LogP contribution in [-0.4, -0.2) is 17.1 Å². The van der Waals surface area contributed by atoms with Crippen molar-refractivity contribution in [2.75, 3.05) is 7.11 Å². The van der Waals surface area contributed by atoms with Crippen molar-refractivity contribution in [2.24, 2.45) is 0 Å². The molecule has 2 aromatic rings. The molecule has 0 unspecified atom stereocenters. The highest BCUT2D eigenvalue weighted by Gasteiger charge is 2.19. The molecule has 1 N–H and O–H groups in total. The van der Waals surface area contributed by atoms with Crippen LogP contribution in [0.4, 0.5) is 0 Å². The number of nitrogens with zero attached hydrogens (tertiary/aromatic N) is 1. The number of aryl methyl sites for hydroxylation is 1. The van der Waals surface area contributed by atoms with Gasteiger partial charge in [-0.05, 0) is 44.4 Å². The molecule has 0 amide bonds. The van der Waals surface area contributed by atoms with Crippen LogP contribution in [-0.2, 0) is 0 Å². The van der Waals surface area contributed by atoms with E-state index in [2.05, 4.69) is 9.97 Å². The molecule has 0 saturated heterocycles. The average molecular weight is 265 g/mol. The maximum absolute atomic E-state index is 6.38. The molecule has 18 heavy (non-hydrogen) atoms. The van der Waals surface area contributed by atoms with Gasteiger partial charge >= 0.3 is 0 Å². The summed E-state index contributed by atoms with van der Waals surface area (Å²) in [6.07, 6.45) is 1.81. The molecule has 0 aliphatic heterocycles. The van der Waals surface area contributed by atoms with Crippen LogP contribution in [0.2, 0.25) is 5.02 Å². The first-order chi connectivity index (χ1) is 8.47. The third-order valence-corrected chi connectivity index (χ3v) is 3.91. The van der Waals surface area contributed by atoms with Gasteiger partial charge in [0.25, 0.3) is 0 Å². The molecule has 0 aliphatic rings. The van der Waals surface area contributed by atoms with Gasteiger partial charge in [0.2, 0.25) is 0 Å². The van der Waals surface area contributed by atoms with Gasteiger partial charge in [-0.1, -0.05) is 11.6 Å². The normalized spacial score (nSPS) is 10.8. The van der Waals surface area contributed by atoms with Crippen molar-refractivity contribution < 1.29 is 4.74 Å². The van der Waals surface area contributed by atoms with E-state index in [1.807, 2.05) is 33.9 Å². The summed E-state index contributed by atoms with van der Waals surface area (Å²) >= 11 is 6.38. The van der Waals surface area contributed by atoms with E-state index in [9.17, 15) is 0 Å². The highest BCUT2D eigenvalue weighted by atomic mass is 35.5. The molecular formula is C14H17ClN2O. The molecule has 96 valence electrons. The molecule has 0 saturated carbocycles. The quantitative estimate of drug-likeness (QED) is 0.891. The number of hydrogen-bond donors (Lipinski definition) is 1.